The molecule has 3 aromatic rings. The molecule has 6 nitrogen and oxygen atoms in total. The highest BCUT2D eigenvalue weighted by Crippen LogP contribution is 2.32. The van der Waals surface area contributed by atoms with Crippen molar-refractivity contribution in [2.45, 2.75) is 32.7 Å². The van der Waals surface area contributed by atoms with Crippen molar-refractivity contribution in [1.29, 1.82) is 0 Å². The zero-order chi connectivity index (χ0) is 18.7. The highest BCUT2D eigenvalue weighted by Gasteiger charge is 2.18. The molecule has 0 saturated heterocycles. The number of ether oxygens (including phenoxy) is 1. The zero-order valence-electron chi connectivity index (χ0n) is 14.6. The Bertz CT molecular complexity index is 975. The first-order valence-corrected chi connectivity index (χ1v) is 9.37. The third-order valence-corrected chi connectivity index (χ3v) is 5.04. The van der Waals surface area contributed by atoms with E-state index in [4.69, 9.17) is 4.74 Å². The summed E-state index contributed by atoms with van der Waals surface area (Å²) in [7, 11) is 0. The lowest BCUT2D eigenvalue weighted by atomic mass is 10.1. The Morgan fingerprint density at radius 2 is 2.04 bits per heavy atom. The van der Waals surface area contributed by atoms with Crippen LogP contribution in [0.15, 0.2) is 40.8 Å². The first-order chi connectivity index (χ1) is 12.6. The van der Waals surface area contributed by atoms with Gasteiger partial charge in [0.05, 0.1) is 30.3 Å². The molecule has 0 amide bonds. The van der Waals surface area contributed by atoms with Crippen molar-refractivity contribution in [2.75, 3.05) is 6.61 Å². The van der Waals surface area contributed by atoms with Gasteiger partial charge in [-0.15, -0.1) is 11.3 Å². The number of aromatic nitrogens is 2. The van der Waals surface area contributed by atoms with Crippen molar-refractivity contribution in [3.05, 3.63) is 46.3 Å². The number of nitrogens with zero attached hydrogens (tertiary/aromatic N) is 2. The van der Waals surface area contributed by atoms with Crippen molar-refractivity contribution in [2.24, 2.45) is 0 Å². The highest BCUT2D eigenvalue weighted by atomic mass is 32.1. The number of fused-ring (bicyclic) bond motifs is 1. The average molecular weight is 371 g/mol. The minimum atomic E-state index is -1.29. The molecule has 0 N–H and O–H groups in total. The van der Waals surface area contributed by atoms with Crippen molar-refractivity contribution < 1.29 is 14.6 Å². The number of rotatable bonds is 7. The fourth-order valence-corrected chi connectivity index (χ4v) is 3.71. The number of hydrogen-bond donors (Lipinski definition) is 0. The van der Waals surface area contributed by atoms with Crippen molar-refractivity contribution in [1.82, 2.24) is 9.55 Å². The van der Waals surface area contributed by atoms with E-state index in [9.17, 15) is 14.7 Å². The molecule has 0 saturated carbocycles. The van der Waals surface area contributed by atoms with Crippen molar-refractivity contribution >= 4 is 27.5 Å². The van der Waals surface area contributed by atoms with Crippen LogP contribution in [0.4, 0.5) is 0 Å². The molecule has 3 rings (SSSR count). The number of carboxylic acid groups (broad SMARTS) is 1. The fourth-order valence-electron chi connectivity index (χ4n) is 2.81. The first kappa shape index (κ1) is 18.1. The maximum Gasteiger partial charge on any atom is 0.263 e. The molecule has 1 unspecified atom stereocenters. The van der Waals surface area contributed by atoms with Crippen molar-refractivity contribution in [3.8, 4) is 16.9 Å². The zero-order valence-corrected chi connectivity index (χ0v) is 15.4. The van der Waals surface area contributed by atoms with Gasteiger partial charge in [0.1, 0.15) is 10.6 Å². The number of thiophene rings is 1. The summed E-state index contributed by atoms with van der Waals surface area (Å²) >= 11 is 1.36. The summed E-state index contributed by atoms with van der Waals surface area (Å²) in [6.45, 7) is 4.39. The SMILES string of the molecule is CCCOc1ccc(-c2csc3ncn(C(CC)C(=O)[O-])c(=O)c23)cc1. The quantitative estimate of drug-likeness (QED) is 0.637. The molecule has 0 radical (unpaired) electrons. The summed E-state index contributed by atoms with van der Waals surface area (Å²) in [5.41, 5.74) is 1.24. The number of benzene rings is 1. The van der Waals surface area contributed by atoms with Gasteiger partial charge in [-0.1, -0.05) is 26.0 Å². The van der Waals surface area contributed by atoms with E-state index in [1.54, 1.807) is 6.92 Å². The molecule has 1 atom stereocenters. The van der Waals surface area contributed by atoms with Crippen LogP contribution in [-0.2, 0) is 4.79 Å². The summed E-state index contributed by atoms with van der Waals surface area (Å²) in [4.78, 5) is 29.1. The highest BCUT2D eigenvalue weighted by molar-refractivity contribution is 7.17. The summed E-state index contributed by atoms with van der Waals surface area (Å²) in [5, 5.41) is 13.6. The van der Waals surface area contributed by atoms with E-state index in [0.29, 0.717) is 16.8 Å². The molecule has 0 aliphatic carbocycles. The van der Waals surface area contributed by atoms with Crippen LogP contribution in [0, 0.1) is 0 Å². The summed E-state index contributed by atoms with van der Waals surface area (Å²) in [6.07, 6.45) is 2.47. The molecule has 136 valence electrons. The molecule has 0 fully saturated rings. The van der Waals surface area contributed by atoms with Crippen LogP contribution < -0.4 is 15.4 Å². The fraction of sp³-hybridized carbons (Fsp3) is 0.316. The predicted octanol–water partition coefficient (Wildman–Crippen LogP) is 2.61. The third kappa shape index (κ3) is 3.35. The third-order valence-electron chi connectivity index (χ3n) is 4.15. The normalized spacial score (nSPS) is 12.2. The van der Waals surface area contributed by atoms with Gasteiger partial charge in [-0.25, -0.2) is 4.98 Å². The Morgan fingerprint density at radius 3 is 2.65 bits per heavy atom. The Labute approximate surface area is 154 Å². The Hall–Kier alpha value is -2.67. The van der Waals surface area contributed by atoms with Gasteiger partial charge < -0.3 is 14.6 Å². The molecule has 7 heteroatoms. The van der Waals surface area contributed by atoms with Crippen LogP contribution in [0.3, 0.4) is 0 Å². The Kier molecular flexibility index (Phi) is 5.37. The molecular formula is C19H19N2O4S-. The van der Waals surface area contributed by atoms with Gasteiger partial charge in [-0.05, 0) is 30.5 Å². The second-order valence-corrected chi connectivity index (χ2v) is 6.76. The lowest BCUT2D eigenvalue weighted by molar-refractivity contribution is -0.310. The molecule has 0 aliphatic rings. The van der Waals surface area contributed by atoms with Crippen LogP contribution in [0.1, 0.15) is 32.7 Å². The summed E-state index contributed by atoms with van der Waals surface area (Å²) in [5.74, 6) is -0.515. The van der Waals surface area contributed by atoms with Gasteiger partial charge in [0.2, 0.25) is 0 Å². The van der Waals surface area contributed by atoms with E-state index in [2.05, 4.69) is 4.98 Å². The number of aliphatic carboxylic acids is 1. The number of hydrogen-bond acceptors (Lipinski definition) is 6. The monoisotopic (exact) mass is 371 g/mol. The van der Waals surface area contributed by atoms with Crippen LogP contribution in [-0.4, -0.2) is 22.1 Å². The van der Waals surface area contributed by atoms with Gasteiger partial charge in [0.15, 0.2) is 0 Å². The Morgan fingerprint density at radius 1 is 1.31 bits per heavy atom. The van der Waals surface area contributed by atoms with Gasteiger partial charge >= 0.3 is 0 Å². The number of carbonyl (C=O) groups excluding carboxylic acids is 1. The molecule has 1 aromatic carbocycles. The minimum absolute atomic E-state index is 0.248. The molecule has 0 spiro atoms. The van der Waals surface area contributed by atoms with Crippen LogP contribution in [0.5, 0.6) is 5.75 Å². The topological polar surface area (TPSA) is 84.2 Å². The number of carboxylic acids is 1. The molecule has 0 bridgehead atoms. The van der Waals surface area contributed by atoms with E-state index in [0.717, 1.165) is 27.9 Å². The molecule has 2 heterocycles. The van der Waals surface area contributed by atoms with E-state index < -0.39 is 12.0 Å². The lowest BCUT2D eigenvalue weighted by Crippen LogP contribution is -2.37. The smallest absolute Gasteiger partial charge is 0.263 e. The average Bonchev–Trinajstić information content (AvgIpc) is 3.07. The maximum atomic E-state index is 12.9. The van der Waals surface area contributed by atoms with Gasteiger partial charge in [-0.3, -0.25) is 9.36 Å². The summed E-state index contributed by atoms with van der Waals surface area (Å²) < 4.78 is 6.73. The second kappa shape index (κ2) is 7.70. The maximum absolute atomic E-state index is 12.9. The largest absolute Gasteiger partial charge is 0.548 e. The number of carbonyl (C=O) groups is 1. The van der Waals surface area contributed by atoms with E-state index >= 15 is 0 Å². The molecule has 0 aliphatic heterocycles. The van der Waals surface area contributed by atoms with Gasteiger partial charge in [-0.2, -0.15) is 0 Å². The van der Waals surface area contributed by atoms with Gasteiger partial charge in [0.25, 0.3) is 5.56 Å². The van der Waals surface area contributed by atoms with Crippen LogP contribution >= 0.6 is 11.3 Å². The molecular weight excluding hydrogens is 352 g/mol. The minimum Gasteiger partial charge on any atom is -0.548 e. The van der Waals surface area contributed by atoms with Crippen LogP contribution in [0.25, 0.3) is 21.3 Å². The van der Waals surface area contributed by atoms with Crippen molar-refractivity contribution in [3.63, 3.8) is 0 Å². The van der Waals surface area contributed by atoms with Crippen LogP contribution in [0.2, 0.25) is 0 Å². The predicted molar refractivity (Wildman–Crippen MR) is 99.4 cm³/mol. The Balaban J connectivity index is 2.07. The van der Waals surface area contributed by atoms with Gasteiger partial charge in [0, 0.05) is 10.9 Å². The molecule has 2 aromatic heterocycles. The standard InChI is InChI=1S/C19H20N2O4S/c1-3-9-25-13-7-5-12(6-8-13)14-10-26-17-16(14)18(22)21(11-20-17)15(4-2)19(23)24/h5-8,10-11,15H,3-4,9H2,1-2H3,(H,23,24)/p-1. The van der Waals surface area contributed by atoms with E-state index in [1.165, 1.54) is 17.7 Å². The van der Waals surface area contributed by atoms with E-state index in [1.807, 2.05) is 36.6 Å². The van der Waals surface area contributed by atoms with E-state index in [-0.39, 0.29) is 12.0 Å². The lowest BCUT2D eigenvalue weighted by Gasteiger charge is -2.18. The second-order valence-electron chi connectivity index (χ2n) is 5.90. The first-order valence-electron chi connectivity index (χ1n) is 8.49. The molecule has 26 heavy (non-hydrogen) atoms. The summed E-state index contributed by atoms with van der Waals surface area (Å²) in [6, 6.07) is 6.47.